The van der Waals surface area contributed by atoms with Crippen LogP contribution in [0.2, 0.25) is 0 Å². The van der Waals surface area contributed by atoms with Crippen molar-refractivity contribution in [1.82, 2.24) is 4.90 Å². The van der Waals surface area contributed by atoms with E-state index in [1.54, 1.807) is 11.8 Å². The first kappa shape index (κ1) is 24.7. The number of carbonyl (C=O) groups is 1. The van der Waals surface area contributed by atoms with Gasteiger partial charge in [0.1, 0.15) is 6.04 Å². The van der Waals surface area contributed by atoms with Crippen molar-refractivity contribution in [2.75, 3.05) is 26.2 Å². The van der Waals surface area contributed by atoms with Gasteiger partial charge in [0.05, 0.1) is 6.54 Å². The van der Waals surface area contributed by atoms with Crippen molar-refractivity contribution in [1.29, 1.82) is 0 Å². The maximum absolute atomic E-state index is 11.6. The molecule has 7 heteroatoms. The predicted molar refractivity (Wildman–Crippen MR) is 86.1 cm³/mol. The van der Waals surface area contributed by atoms with Crippen LogP contribution in [-0.4, -0.2) is 59.3 Å². The largest absolute Gasteiger partial charge is 1.00 e. The van der Waals surface area contributed by atoms with Gasteiger partial charge in [-0.15, -0.1) is 0 Å². The first-order valence-electron chi connectivity index (χ1n) is 8.31. The van der Waals surface area contributed by atoms with E-state index in [0.717, 1.165) is 19.3 Å². The summed E-state index contributed by atoms with van der Waals surface area (Å²) in [4.78, 5) is 16.8. The Morgan fingerprint density at radius 2 is 1.83 bits per heavy atom. The molecule has 0 spiro atoms. The number of aliphatic carboxylic acids is 1. The molecule has 0 heterocycles. The third kappa shape index (κ3) is 13.6. The SMILES string of the molecule is CCCCCCCC([O-])=NCCN(CCCO)C(C)C(=O)O.[Li+]. The molecule has 0 saturated carbocycles. The topological polar surface area (TPSA) is 96.2 Å². The van der Waals surface area contributed by atoms with Crippen molar-refractivity contribution in [3.05, 3.63) is 0 Å². The van der Waals surface area contributed by atoms with Crippen LogP contribution in [0.3, 0.4) is 0 Å². The Labute approximate surface area is 152 Å². The van der Waals surface area contributed by atoms with Crippen molar-refractivity contribution in [2.45, 2.75) is 64.8 Å². The fraction of sp³-hybridized carbons (Fsp3) is 0.875. The van der Waals surface area contributed by atoms with Gasteiger partial charge in [-0.05, 0) is 32.1 Å². The predicted octanol–water partition coefficient (Wildman–Crippen LogP) is -1.73. The third-order valence-corrected chi connectivity index (χ3v) is 3.68. The number of aliphatic hydroxyl groups is 1. The van der Waals surface area contributed by atoms with E-state index in [4.69, 9.17) is 10.2 Å². The summed E-state index contributed by atoms with van der Waals surface area (Å²) in [7, 11) is 0. The van der Waals surface area contributed by atoms with E-state index in [1.165, 1.54) is 12.8 Å². The summed E-state index contributed by atoms with van der Waals surface area (Å²) in [6, 6.07) is -0.633. The van der Waals surface area contributed by atoms with Crippen LogP contribution in [0.1, 0.15) is 58.8 Å². The number of unbranched alkanes of at least 4 members (excludes halogenated alkanes) is 4. The summed E-state index contributed by atoms with van der Waals surface area (Å²) in [5.74, 6) is -0.998. The quantitative estimate of drug-likeness (QED) is 0.171. The van der Waals surface area contributed by atoms with Crippen molar-refractivity contribution in [3.8, 4) is 0 Å². The molecule has 0 aliphatic heterocycles. The van der Waals surface area contributed by atoms with Gasteiger partial charge in [-0.3, -0.25) is 9.69 Å². The molecule has 23 heavy (non-hydrogen) atoms. The molecule has 0 rings (SSSR count). The maximum atomic E-state index is 11.6. The molecule has 0 aliphatic carbocycles. The van der Waals surface area contributed by atoms with Crippen molar-refractivity contribution in [2.24, 2.45) is 4.99 Å². The van der Waals surface area contributed by atoms with E-state index in [0.29, 0.717) is 32.5 Å². The fourth-order valence-corrected chi connectivity index (χ4v) is 2.19. The fourth-order valence-electron chi connectivity index (χ4n) is 2.19. The van der Waals surface area contributed by atoms with Crippen LogP contribution >= 0.6 is 0 Å². The molecule has 2 N–H and O–H groups in total. The van der Waals surface area contributed by atoms with Crippen LogP contribution in [0.5, 0.6) is 0 Å². The van der Waals surface area contributed by atoms with E-state index in [2.05, 4.69) is 11.9 Å². The van der Waals surface area contributed by atoms with Crippen molar-refractivity contribution >= 4 is 11.9 Å². The summed E-state index contributed by atoms with van der Waals surface area (Å²) < 4.78 is 0. The number of nitrogens with zero attached hydrogens (tertiary/aromatic N) is 2. The molecule has 6 nitrogen and oxygen atoms in total. The van der Waals surface area contributed by atoms with Crippen molar-refractivity contribution < 1.29 is 39.0 Å². The van der Waals surface area contributed by atoms with Gasteiger partial charge in [0.15, 0.2) is 0 Å². The first-order valence-corrected chi connectivity index (χ1v) is 8.31. The van der Waals surface area contributed by atoms with E-state index < -0.39 is 12.0 Å². The van der Waals surface area contributed by atoms with Gasteiger partial charge in [0.2, 0.25) is 0 Å². The van der Waals surface area contributed by atoms with Crippen LogP contribution < -0.4 is 24.0 Å². The van der Waals surface area contributed by atoms with Gasteiger partial charge in [-0.2, -0.15) is 0 Å². The van der Waals surface area contributed by atoms with Crippen LogP contribution in [0.25, 0.3) is 0 Å². The minimum absolute atomic E-state index is 0. The summed E-state index contributed by atoms with van der Waals surface area (Å²) in [6.07, 6.45) is 6.49. The number of rotatable bonds is 14. The van der Waals surface area contributed by atoms with Gasteiger partial charge in [-0.1, -0.05) is 32.6 Å². The maximum Gasteiger partial charge on any atom is 1.00 e. The average molecular weight is 322 g/mol. The smallest absolute Gasteiger partial charge is 0.862 e. The second kappa shape index (κ2) is 16.3. The Bertz CT molecular complexity index is 327. The Balaban J connectivity index is 0. The molecule has 0 aliphatic rings. The molecule has 0 bridgehead atoms. The molecular weight excluding hydrogens is 291 g/mol. The second-order valence-electron chi connectivity index (χ2n) is 5.57. The number of hydrogen-bond donors (Lipinski definition) is 2. The van der Waals surface area contributed by atoms with Crippen molar-refractivity contribution in [3.63, 3.8) is 0 Å². The van der Waals surface area contributed by atoms with Gasteiger partial charge in [-0.25, -0.2) is 0 Å². The van der Waals surface area contributed by atoms with Gasteiger partial charge >= 0.3 is 24.8 Å². The normalized spacial score (nSPS) is 13.0. The molecule has 0 aromatic heterocycles. The monoisotopic (exact) mass is 322 g/mol. The third-order valence-electron chi connectivity index (χ3n) is 3.68. The second-order valence-corrected chi connectivity index (χ2v) is 5.57. The summed E-state index contributed by atoms with van der Waals surface area (Å²) in [5.41, 5.74) is 0. The zero-order chi connectivity index (χ0) is 16.8. The molecular formula is C16H31LiN2O4. The van der Waals surface area contributed by atoms with Gasteiger partial charge in [0, 0.05) is 19.7 Å². The van der Waals surface area contributed by atoms with Crippen LogP contribution in [0.15, 0.2) is 4.99 Å². The minimum atomic E-state index is -0.903. The van der Waals surface area contributed by atoms with Gasteiger partial charge < -0.3 is 20.3 Å². The minimum Gasteiger partial charge on any atom is -0.862 e. The number of aliphatic hydroxyl groups excluding tert-OH is 1. The number of aliphatic imine (C=N–C) groups is 1. The summed E-state index contributed by atoms with van der Waals surface area (Å²) >= 11 is 0. The molecule has 130 valence electrons. The summed E-state index contributed by atoms with van der Waals surface area (Å²) in [5, 5.41) is 29.5. The van der Waals surface area contributed by atoms with E-state index in [1.807, 2.05) is 0 Å². The number of hydrogen-bond acceptors (Lipinski definition) is 5. The molecule has 0 aromatic carbocycles. The van der Waals surface area contributed by atoms with Crippen LogP contribution in [-0.2, 0) is 4.79 Å². The molecule has 0 radical (unpaired) electrons. The zero-order valence-electron chi connectivity index (χ0n) is 15.0. The molecule has 0 fully saturated rings. The Kier molecular flexibility index (Phi) is 17.5. The molecule has 0 aromatic rings. The Hall–Kier alpha value is -0.543. The first-order chi connectivity index (χ1) is 10.5. The number of carboxylic acids is 1. The molecule has 1 unspecified atom stereocenters. The molecule has 1 atom stereocenters. The zero-order valence-corrected chi connectivity index (χ0v) is 15.0. The van der Waals surface area contributed by atoms with Crippen LogP contribution in [0.4, 0.5) is 0 Å². The summed E-state index contributed by atoms with van der Waals surface area (Å²) in [6.45, 7) is 5.02. The van der Waals surface area contributed by atoms with E-state index >= 15 is 0 Å². The standard InChI is InChI=1S/C16H32N2O4.Li/c1-3-4-5-6-7-9-15(20)17-10-12-18(11-8-13-19)14(2)16(21)22;/h14,19H,3-13H2,1-2H3,(H,17,20)(H,21,22);/q;+1/p-1. The average Bonchev–Trinajstić information content (AvgIpc) is 2.49. The van der Waals surface area contributed by atoms with E-state index in [9.17, 15) is 9.90 Å². The molecule has 0 saturated heterocycles. The van der Waals surface area contributed by atoms with E-state index in [-0.39, 0.29) is 31.4 Å². The van der Waals surface area contributed by atoms with Gasteiger partial charge in [0.25, 0.3) is 0 Å². The Morgan fingerprint density at radius 3 is 2.39 bits per heavy atom. The van der Waals surface area contributed by atoms with Crippen LogP contribution in [0, 0.1) is 0 Å². The number of carboxylic acid groups (broad SMARTS) is 1. The Morgan fingerprint density at radius 1 is 1.17 bits per heavy atom. The molecule has 0 amide bonds.